The van der Waals surface area contributed by atoms with Crippen molar-refractivity contribution < 1.29 is 0 Å². The van der Waals surface area contributed by atoms with Gasteiger partial charge in [0.1, 0.15) is 0 Å². The van der Waals surface area contributed by atoms with E-state index in [1.165, 1.54) is 109 Å². The number of halogens is 1. The first-order valence-electron chi connectivity index (χ1n) is 11.9. The average molecular weight is 395 g/mol. The zero-order chi connectivity index (χ0) is 19.8. The molecule has 1 atom stereocenters. The summed E-state index contributed by atoms with van der Waals surface area (Å²) in [6.07, 6.45) is 23.7. The van der Waals surface area contributed by atoms with E-state index in [4.69, 9.17) is 11.6 Å². The van der Waals surface area contributed by atoms with Crippen LogP contribution in [0.5, 0.6) is 0 Å². The van der Waals surface area contributed by atoms with E-state index in [0.717, 1.165) is 0 Å². The molecule has 1 unspecified atom stereocenters. The maximum Gasteiger partial charge on any atom is 0.0336 e. The normalized spacial score (nSPS) is 11.7. The van der Waals surface area contributed by atoms with Crippen LogP contribution in [0, 0.1) is 0 Å². The Kier molecular flexibility index (Phi) is 23.1. The van der Waals surface area contributed by atoms with E-state index in [0.29, 0.717) is 5.38 Å². The minimum Gasteiger partial charge on any atom is -0.123 e. The van der Waals surface area contributed by atoms with Gasteiger partial charge >= 0.3 is 0 Å². The van der Waals surface area contributed by atoms with E-state index in [9.17, 15) is 0 Å². The molecule has 0 aromatic heterocycles. The fraction of sp³-hybridized carbons (Fsp3) is 0.769. The average Bonchev–Trinajstić information content (AvgIpc) is 2.71. The molecule has 0 spiro atoms. The van der Waals surface area contributed by atoms with Gasteiger partial charge in [-0.1, -0.05) is 147 Å². The van der Waals surface area contributed by atoms with Crippen LogP contribution >= 0.6 is 11.6 Å². The molecule has 1 rings (SSSR count). The van der Waals surface area contributed by atoms with Gasteiger partial charge in [-0.15, -0.1) is 11.6 Å². The highest BCUT2D eigenvalue weighted by atomic mass is 35.5. The van der Waals surface area contributed by atoms with Gasteiger partial charge in [-0.05, 0) is 12.8 Å². The smallest absolute Gasteiger partial charge is 0.0336 e. The third-order valence-electron chi connectivity index (χ3n) is 5.16. The molecule has 1 aromatic rings. The fourth-order valence-corrected chi connectivity index (χ4v) is 3.65. The number of hydrogen-bond donors (Lipinski definition) is 0. The molecule has 0 aliphatic carbocycles. The summed E-state index contributed by atoms with van der Waals surface area (Å²) in [6, 6.07) is 12.0. The van der Waals surface area contributed by atoms with Crippen molar-refractivity contribution >= 4 is 11.6 Å². The molecule has 158 valence electrons. The Morgan fingerprint density at radius 3 is 1.11 bits per heavy atom. The molecular formula is C26H47Cl. The lowest BCUT2D eigenvalue weighted by molar-refractivity contribution is 0.528. The second-order valence-electron chi connectivity index (χ2n) is 7.93. The fourth-order valence-electron chi connectivity index (χ4n) is 3.34. The van der Waals surface area contributed by atoms with Gasteiger partial charge in [0, 0.05) is 5.38 Å². The third-order valence-corrected chi connectivity index (χ3v) is 5.59. The minimum atomic E-state index is 0.442. The summed E-state index contributed by atoms with van der Waals surface area (Å²) >= 11 is 6.30. The van der Waals surface area contributed by atoms with Crippen molar-refractivity contribution in [2.75, 3.05) is 0 Å². The van der Waals surface area contributed by atoms with Crippen LogP contribution in [0.2, 0.25) is 0 Å². The summed E-state index contributed by atoms with van der Waals surface area (Å²) < 4.78 is 0. The lowest BCUT2D eigenvalue weighted by Gasteiger charge is -2.08. The molecule has 0 amide bonds. The minimum absolute atomic E-state index is 0.442. The van der Waals surface area contributed by atoms with Crippen LogP contribution in [-0.2, 0) is 0 Å². The molecule has 0 aliphatic heterocycles. The Bertz CT molecular complexity index is 322. The van der Waals surface area contributed by atoms with Gasteiger partial charge in [0.05, 0.1) is 0 Å². The van der Waals surface area contributed by atoms with Gasteiger partial charge in [0.15, 0.2) is 0 Å². The Labute approximate surface area is 176 Å². The van der Waals surface area contributed by atoms with Crippen LogP contribution in [0.1, 0.15) is 123 Å². The monoisotopic (exact) mass is 394 g/mol. The number of benzene rings is 1. The zero-order valence-electron chi connectivity index (χ0n) is 18.4. The molecule has 27 heavy (non-hydrogen) atoms. The second kappa shape index (κ2) is 23.5. The Balaban J connectivity index is 0.000000941. The van der Waals surface area contributed by atoms with Crippen LogP contribution in [-0.4, -0.2) is 5.38 Å². The van der Waals surface area contributed by atoms with E-state index < -0.39 is 0 Å². The first kappa shape index (κ1) is 26.5. The Hall–Kier alpha value is -0.490. The molecule has 1 heteroatoms. The van der Waals surface area contributed by atoms with Crippen molar-refractivity contribution in [3.8, 4) is 0 Å². The molecular weight excluding hydrogens is 348 g/mol. The van der Waals surface area contributed by atoms with Crippen molar-refractivity contribution in [1.29, 1.82) is 0 Å². The lowest BCUT2D eigenvalue weighted by atomic mass is 10.0. The first-order chi connectivity index (χ1) is 13.3. The summed E-state index contributed by atoms with van der Waals surface area (Å²) in [4.78, 5) is 0. The van der Waals surface area contributed by atoms with Crippen molar-refractivity contribution in [3.05, 3.63) is 36.4 Å². The number of alkyl halides is 1. The number of hydrogen-bond acceptors (Lipinski definition) is 0. The van der Waals surface area contributed by atoms with E-state index in [-0.39, 0.29) is 0 Å². The van der Waals surface area contributed by atoms with Crippen LogP contribution in [0.15, 0.2) is 36.4 Å². The maximum atomic E-state index is 6.30. The van der Waals surface area contributed by atoms with Crippen molar-refractivity contribution in [2.45, 2.75) is 128 Å². The van der Waals surface area contributed by atoms with Crippen molar-refractivity contribution in [3.63, 3.8) is 0 Å². The summed E-state index contributed by atoms with van der Waals surface area (Å²) in [6.45, 7) is 4.54. The summed E-state index contributed by atoms with van der Waals surface area (Å²) in [5.74, 6) is 0. The molecule has 1 aromatic carbocycles. The quantitative estimate of drug-likeness (QED) is 0.182. The van der Waals surface area contributed by atoms with Gasteiger partial charge in [-0.25, -0.2) is 0 Å². The van der Waals surface area contributed by atoms with E-state index in [2.05, 4.69) is 13.8 Å². The Morgan fingerprint density at radius 1 is 0.444 bits per heavy atom. The molecule has 0 saturated carbocycles. The molecule has 0 aliphatic rings. The zero-order valence-corrected chi connectivity index (χ0v) is 19.2. The van der Waals surface area contributed by atoms with E-state index >= 15 is 0 Å². The SMILES string of the molecule is CCCCCCCCCCCCCCCC(Cl)CCCC.c1ccccc1. The molecule has 0 nitrogen and oxygen atoms in total. The number of rotatable bonds is 17. The van der Waals surface area contributed by atoms with Gasteiger partial charge in [-0.2, -0.15) is 0 Å². The first-order valence-corrected chi connectivity index (χ1v) is 12.4. The standard InChI is InChI=1S/C20H41Cl.C6H6/c1-3-5-7-8-9-10-11-12-13-14-15-16-17-19-20(21)18-6-4-2;1-2-4-6-5-3-1/h20H,3-19H2,1-2H3;1-6H. The molecule has 0 bridgehead atoms. The highest BCUT2D eigenvalue weighted by Gasteiger charge is 2.03. The van der Waals surface area contributed by atoms with Crippen LogP contribution in [0.4, 0.5) is 0 Å². The van der Waals surface area contributed by atoms with Crippen LogP contribution < -0.4 is 0 Å². The van der Waals surface area contributed by atoms with Gasteiger partial charge in [0.2, 0.25) is 0 Å². The summed E-state index contributed by atoms with van der Waals surface area (Å²) in [5, 5.41) is 0.442. The second-order valence-corrected chi connectivity index (χ2v) is 8.54. The molecule has 0 N–H and O–H groups in total. The van der Waals surface area contributed by atoms with Crippen molar-refractivity contribution in [2.24, 2.45) is 0 Å². The van der Waals surface area contributed by atoms with Gasteiger partial charge < -0.3 is 0 Å². The highest BCUT2D eigenvalue weighted by molar-refractivity contribution is 6.20. The largest absolute Gasteiger partial charge is 0.123 e. The summed E-state index contributed by atoms with van der Waals surface area (Å²) in [5.41, 5.74) is 0. The molecule has 0 saturated heterocycles. The summed E-state index contributed by atoms with van der Waals surface area (Å²) in [7, 11) is 0. The third kappa shape index (κ3) is 23.5. The molecule has 0 fully saturated rings. The van der Waals surface area contributed by atoms with Crippen LogP contribution in [0.25, 0.3) is 0 Å². The topological polar surface area (TPSA) is 0 Å². The Morgan fingerprint density at radius 2 is 0.741 bits per heavy atom. The molecule has 0 heterocycles. The lowest BCUT2D eigenvalue weighted by Crippen LogP contribution is -1.97. The van der Waals surface area contributed by atoms with Gasteiger partial charge in [-0.3, -0.25) is 0 Å². The maximum absolute atomic E-state index is 6.30. The van der Waals surface area contributed by atoms with Crippen molar-refractivity contribution in [1.82, 2.24) is 0 Å². The molecule has 0 radical (unpaired) electrons. The van der Waals surface area contributed by atoms with Gasteiger partial charge in [0.25, 0.3) is 0 Å². The predicted octanol–water partition coefficient (Wildman–Crippen LogP) is 9.95. The van der Waals surface area contributed by atoms with Crippen LogP contribution in [0.3, 0.4) is 0 Å². The number of unbranched alkanes of at least 4 members (excludes halogenated alkanes) is 13. The van der Waals surface area contributed by atoms with E-state index in [1.54, 1.807) is 0 Å². The van der Waals surface area contributed by atoms with E-state index in [1.807, 2.05) is 36.4 Å². The predicted molar refractivity (Wildman–Crippen MR) is 126 cm³/mol. The highest BCUT2D eigenvalue weighted by Crippen LogP contribution is 2.17.